The molecule has 2 heterocycles. The molecule has 0 aliphatic heterocycles. The van der Waals surface area contributed by atoms with E-state index in [1.54, 1.807) is 0 Å². The third-order valence-corrected chi connectivity index (χ3v) is 4.00. The van der Waals surface area contributed by atoms with Gasteiger partial charge >= 0.3 is 12.3 Å². The largest absolute Gasteiger partial charge is 0.573 e. The first-order valence-electron chi connectivity index (χ1n) is 9.06. The number of halogens is 3. The Labute approximate surface area is 174 Å². The first-order chi connectivity index (χ1) is 14.6. The van der Waals surface area contributed by atoms with Crippen LogP contribution in [0.15, 0.2) is 30.3 Å². The summed E-state index contributed by atoms with van der Waals surface area (Å²) >= 11 is 0. The minimum atomic E-state index is -4.85. The molecule has 12 heteroatoms. The first kappa shape index (κ1) is 22.0. The zero-order valence-electron chi connectivity index (χ0n) is 16.6. The molecule has 0 aliphatic carbocycles. The van der Waals surface area contributed by atoms with Gasteiger partial charge in [-0.25, -0.2) is 9.50 Å². The quantitative estimate of drug-likeness (QED) is 0.564. The van der Waals surface area contributed by atoms with Crippen molar-refractivity contribution in [1.29, 1.82) is 0 Å². The van der Waals surface area contributed by atoms with Gasteiger partial charge in [0, 0.05) is 23.5 Å². The summed E-state index contributed by atoms with van der Waals surface area (Å²) in [7, 11) is 0. The van der Waals surface area contributed by atoms with Crippen molar-refractivity contribution in [3.8, 4) is 5.75 Å². The van der Waals surface area contributed by atoms with Crippen LogP contribution in [0.5, 0.6) is 5.75 Å². The normalized spacial score (nSPS) is 11.4. The van der Waals surface area contributed by atoms with E-state index < -0.39 is 30.6 Å². The van der Waals surface area contributed by atoms with Crippen LogP contribution in [0, 0.1) is 13.8 Å². The minimum Gasteiger partial charge on any atom is -0.455 e. The lowest BCUT2D eigenvalue weighted by Gasteiger charge is -2.13. The van der Waals surface area contributed by atoms with Gasteiger partial charge in [-0.15, -0.1) is 18.3 Å². The molecule has 9 nitrogen and oxygen atoms in total. The Hall–Kier alpha value is -3.70. The second-order valence-corrected chi connectivity index (χ2v) is 6.55. The Balaban J connectivity index is 1.50. The Kier molecular flexibility index (Phi) is 6.37. The maximum absolute atomic E-state index is 12.4. The van der Waals surface area contributed by atoms with Gasteiger partial charge in [-0.05, 0) is 26.0 Å². The number of amides is 1. The van der Waals surface area contributed by atoms with E-state index in [0.29, 0.717) is 5.78 Å². The van der Waals surface area contributed by atoms with Crippen LogP contribution >= 0.6 is 0 Å². The second kappa shape index (κ2) is 8.98. The molecule has 2 aromatic heterocycles. The number of rotatable bonds is 7. The monoisotopic (exact) mass is 437 g/mol. The molecule has 1 N–H and O–H groups in total. The highest BCUT2D eigenvalue weighted by Crippen LogP contribution is 2.26. The van der Waals surface area contributed by atoms with Crippen LogP contribution in [0.4, 0.5) is 13.2 Å². The summed E-state index contributed by atoms with van der Waals surface area (Å²) in [6.07, 6.45) is -5.12. The average Bonchev–Trinajstić information content (AvgIpc) is 3.07. The zero-order chi connectivity index (χ0) is 22.6. The smallest absolute Gasteiger partial charge is 0.455 e. The molecule has 3 aromatic rings. The Morgan fingerprint density at radius 3 is 2.65 bits per heavy atom. The van der Waals surface area contributed by atoms with Crippen molar-refractivity contribution in [2.45, 2.75) is 33.2 Å². The van der Waals surface area contributed by atoms with E-state index in [9.17, 15) is 22.8 Å². The summed E-state index contributed by atoms with van der Waals surface area (Å²) in [4.78, 5) is 32.2. The molecule has 0 saturated carbocycles. The SMILES string of the molecule is Cc1cc(C)n2nc(CC(=O)OCC(=O)NCc3ccccc3OC(F)(F)F)nc2n1. The fourth-order valence-corrected chi connectivity index (χ4v) is 2.73. The first-order valence-corrected chi connectivity index (χ1v) is 9.06. The van der Waals surface area contributed by atoms with Gasteiger partial charge in [-0.2, -0.15) is 4.98 Å². The van der Waals surface area contributed by atoms with Gasteiger partial charge in [0.25, 0.3) is 11.7 Å². The van der Waals surface area contributed by atoms with Crippen LogP contribution < -0.4 is 10.1 Å². The Bertz CT molecular complexity index is 1110. The van der Waals surface area contributed by atoms with Crippen molar-refractivity contribution in [3.63, 3.8) is 0 Å². The number of carbonyl (C=O) groups is 2. The van der Waals surface area contributed by atoms with Crippen LogP contribution in [0.1, 0.15) is 22.8 Å². The number of nitrogens with zero attached hydrogens (tertiary/aromatic N) is 4. The molecule has 0 aliphatic rings. The molecule has 3 rings (SSSR count). The molecule has 0 atom stereocenters. The molecule has 0 saturated heterocycles. The van der Waals surface area contributed by atoms with Crippen LogP contribution in [0.2, 0.25) is 0 Å². The van der Waals surface area contributed by atoms with Gasteiger partial charge in [-0.1, -0.05) is 18.2 Å². The van der Waals surface area contributed by atoms with Crippen molar-refractivity contribution >= 4 is 17.7 Å². The van der Waals surface area contributed by atoms with Gasteiger partial charge in [0.2, 0.25) is 0 Å². The molecular weight excluding hydrogens is 419 g/mol. The fourth-order valence-electron chi connectivity index (χ4n) is 2.73. The van der Waals surface area contributed by atoms with E-state index in [2.05, 4.69) is 25.1 Å². The number of carbonyl (C=O) groups excluding carboxylic acids is 2. The molecule has 0 spiro atoms. The number of aryl methyl sites for hydroxylation is 2. The fraction of sp³-hybridized carbons (Fsp3) is 0.316. The van der Waals surface area contributed by atoms with Gasteiger partial charge in [0.15, 0.2) is 12.4 Å². The molecule has 164 valence electrons. The third kappa shape index (κ3) is 6.14. The summed E-state index contributed by atoms with van der Waals surface area (Å²) in [6, 6.07) is 7.20. The van der Waals surface area contributed by atoms with Crippen molar-refractivity contribution < 1.29 is 32.2 Å². The topological polar surface area (TPSA) is 108 Å². The van der Waals surface area contributed by atoms with E-state index in [4.69, 9.17) is 4.74 Å². The number of hydrogen-bond acceptors (Lipinski definition) is 7. The molecule has 0 unspecified atom stereocenters. The van der Waals surface area contributed by atoms with E-state index in [0.717, 1.165) is 17.5 Å². The summed E-state index contributed by atoms with van der Waals surface area (Å²) in [5.74, 6) is -1.32. The summed E-state index contributed by atoms with van der Waals surface area (Å²) in [5, 5.41) is 6.54. The number of benzene rings is 1. The van der Waals surface area contributed by atoms with Crippen molar-refractivity contribution in [1.82, 2.24) is 24.9 Å². The van der Waals surface area contributed by atoms with E-state index in [1.807, 2.05) is 19.9 Å². The van der Waals surface area contributed by atoms with Crippen LogP contribution in [0.25, 0.3) is 5.78 Å². The van der Waals surface area contributed by atoms with Crippen LogP contribution in [-0.4, -0.2) is 44.4 Å². The lowest BCUT2D eigenvalue weighted by atomic mass is 10.2. The highest BCUT2D eigenvalue weighted by atomic mass is 19.4. The second-order valence-electron chi connectivity index (χ2n) is 6.55. The zero-order valence-corrected chi connectivity index (χ0v) is 16.6. The Morgan fingerprint density at radius 2 is 1.90 bits per heavy atom. The van der Waals surface area contributed by atoms with Gasteiger partial charge in [0.1, 0.15) is 12.2 Å². The van der Waals surface area contributed by atoms with E-state index >= 15 is 0 Å². The lowest BCUT2D eigenvalue weighted by Crippen LogP contribution is -2.29. The van der Waals surface area contributed by atoms with Crippen LogP contribution in [-0.2, 0) is 27.3 Å². The minimum absolute atomic E-state index is 0.117. The standard InChI is InChI=1S/C19H18F3N5O4/c1-11-7-12(2)27-18(24-11)25-15(26-27)8-17(29)30-10-16(28)23-9-13-5-3-4-6-14(13)31-19(20,21)22/h3-7H,8-10H2,1-2H3,(H,23,28). The lowest BCUT2D eigenvalue weighted by molar-refractivity contribution is -0.274. The van der Waals surface area contributed by atoms with Crippen LogP contribution in [0.3, 0.4) is 0 Å². The molecular formula is C19H18F3N5O4. The maximum Gasteiger partial charge on any atom is 0.573 e. The molecule has 1 aromatic carbocycles. The predicted molar refractivity (Wildman–Crippen MR) is 99.9 cm³/mol. The maximum atomic E-state index is 12.4. The van der Waals surface area contributed by atoms with E-state index in [-0.39, 0.29) is 24.4 Å². The highest BCUT2D eigenvalue weighted by molar-refractivity contribution is 5.81. The van der Waals surface area contributed by atoms with Crippen molar-refractivity contribution in [2.75, 3.05) is 6.61 Å². The number of hydrogen-bond donors (Lipinski definition) is 1. The van der Waals surface area contributed by atoms with E-state index in [1.165, 1.54) is 22.7 Å². The van der Waals surface area contributed by atoms with Gasteiger partial charge < -0.3 is 14.8 Å². The van der Waals surface area contributed by atoms with Gasteiger partial charge in [0.05, 0.1) is 0 Å². The molecule has 0 fully saturated rings. The molecule has 0 radical (unpaired) electrons. The number of fused-ring (bicyclic) bond motifs is 1. The number of alkyl halides is 3. The number of ether oxygens (including phenoxy) is 2. The number of aromatic nitrogens is 4. The predicted octanol–water partition coefficient (Wildman–Crippen LogP) is 2.04. The number of nitrogens with one attached hydrogen (secondary N) is 1. The summed E-state index contributed by atoms with van der Waals surface area (Å²) in [5.41, 5.74) is 1.67. The number of para-hydroxylation sites is 1. The van der Waals surface area contributed by atoms with Gasteiger partial charge in [-0.3, -0.25) is 9.59 Å². The molecule has 0 bridgehead atoms. The average molecular weight is 437 g/mol. The molecule has 31 heavy (non-hydrogen) atoms. The summed E-state index contributed by atoms with van der Waals surface area (Å²) in [6.45, 7) is 2.79. The Morgan fingerprint density at radius 1 is 1.16 bits per heavy atom. The van der Waals surface area contributed by atoms with Crippen molar-refractivity contribution in [2.24, 2.45) is 0 Å². The number of esters is 1. The summed E-state index contributed by atoms with van der Waals surface area (Å²) < 4.78 is 47.6. The molecule has 1 amide bonds. The third-order valence-electron chi connectivity index (χ3n) is 4.00. The van der Waals surface area contributed by atoms with Crippen molar-refractivity contribution in [3.05, 3.63) is 53.1 Å². The highest BCUT2D eigenvalue weighted by Gasteiger charge is 2.32.